The van der Waals surface area contributed by atoms with Gasteiger partial charge in [0.2, 0.25) is 0 Å². The zero-order chi connectivity index (χ0) is 11.3. The Balaban J connectivity index is 2.66. The van der Waals surface area contributed by atoms with E-state index < -0.39 is 0 Å². The summed E-state index contributed by atoms with van der Waals surface area (Å²) in [6, 6.07) is 6.02. The predicted molar refractivity (Wildman–Crippen MR) is 69.2 cm³/mol. The Kier molecular flexibility index (Phi) is 5.61. The van der Waals surface area contributed by atoms with Crippen molar-refractivity contribution in [2.45, 2.75) is 13.5 Å². The molecule has 0 aliphatic heterocycles. The first-order valence-corrected chi connectivity index (χ1v) is 6.20. The summed E-state index contributed by atoms with van der Waals surface area (Å²) < 4.78 is 0.950. The molecule has 1 aromatic rings. The quantitative estimate of drug-likeness (QED) is 0.904. The van der Waals surface area contributed by atoms with Crippen LogP contribution in [-0.4, -0.2) is 24.5 Å². The van der Waals surface area contributed by atoms with Crippen molar-refractivity contribution >= 4 is 27.5 Å². The zero-order valence-corrected chi connectivity index (χ0v) is 11.2. The van der Waals surface area contributed by atoms with Gasteiger partial charge in [0.05, 0.1) is 5.02 Å². The molecular formula is C11H16BrClN2. The Hall–Kier alpha value is -0.0900. The van der Waals surface area contributed by atoms with E-state index in [9.17, 15) is 0 Å². The van der Waals surface area contributed by atoms with Crippen molar-refractivity contribution in [3.05, 3.63) is 33.3 Å². The minimum Gasteiger partial charge on any atom is -0.329 e. The summed E-state index contributed by atoms with van der Waals surface area (Å²) in [5, 5.41) is 0.751. The van der Waals surface area contributed by atoms with Crippen molar-refractivity contribution in [3.63, 3.8) is 0 Å². The minimum absolute atomic E-state index is 0.697. The summed E-state index contributed by atoms with van der Waals surface area (Å²) in [7, 11) is 0. The van der Waals surface area contributed by atoms with Crippen molar-refractivity contribution in [2.24, 2.45) is 5.73 Å². The van der Waals surface area contributed by atoms with Gasteiger partial charge in [-0.3, -0.25) is 4.90 Å². The molecule has 0 aliphatic rings. The molecule has 0 heterocycles. The number of nitrogens with zero attached hydrogens (tertiary/aromatic N) is 1. The van der Waals surface area contributed by atoms with Gasteiger partial charge < -0.3 is 5.73 Å². The van der Waals surface area contributed by atoms with E-state index in [-0.39, 0.29) is 0 Å². The molecule has 0 spiro atoms. The molecule has 0 bridgehead atoms. The van der Waals surface area contributed by atoms with Gasteiger partial charge in [0.25, 0.3) is 0 Å². The highest BCUT2D eigenvalue weighted by Gasteiger charge is 2.04. The number of likely N-dealkylation sites (N-methyl/N-ethyl adjacent to an activating group) is 1. The van der Waals surface area contributed by atoms with E-state index in [1.165, 1.54) is 5.56 Å². The van der Waals surface area contributed by atoms with E-state index in [0.29, 0.717) is 6.54 Å². The summed E-state index contributed by atoms with van der Waals surface area (Å²) in [5.41, 5.74) is 6.79. The van der Waals surface area contributed by atoms with Crippen molar-refractivity contribution in [1.29, 1.82) is 0 Å². The molecule has 15 heavy (non-hydrogen) atoms. The van der Waals surface area contributed by atoms with Crippen LogP contribution >= 0.6 is 27.5 Å². The van der Waals surface area contributed by atoms with Gasteiger partial charge in [-0.25, -0.2) is 0 Å². The second-order valence-electron chi connectivity index (χ2n) is 3.41. The van der Waals surface area contributed by atoms with E-state index in [0.717, 1.165) is 29.1 Å². The number of halogens is 2. The van der Waals surface area contributed by atoms with Crippen LogP contribution in [0.15, 0.2) is 22.7 Å². The average molecular weight is 292 g/mol. The third kappa shape index (κ3) is 4.11. The molecule has 0 aromatic heterocycles. The fraction of sp³-hybridized carbons (Fsp3) is 0.455. The molecule has 4 heteroatoms. The van der Waals surface area contributed by atoms with E-state index in [4.69, 9.17) is 17.3 Å². The molecule has 0 saturated heterocycles. The maximum absolute atomic E-state index is 5.93. The maximum Gasteiger partial charge on any atom is 0.0548 e. The number of hydrogen-bond donors (Lipinski definition) is 1. The Labute approximate surface area is 105 Å². The molecule has 2 nitrogen and oxygen atoms in total. The second-order valence-corrected chi connectivity index (χ2v) is 4.67. The van der Waals surface area contributed by atoms with Crippen molar-refractivity contribution < 1.29 is 0 Å². The van der Waals surface area contributed by atoms with Crippen LogP contribution < -0.4 is 5.73 Å². The molecule has 0 radical (unpaired) electrons. The fourth-order valence-electron chi connectivity index (χ4n) is 1.43. The summed E-state index contributed by atoms with van der Waals surface area (Å²) >= 11 is 9.35. The first-order valence-electron chi connectivity index (χ1n) is 5.03. The standard InChI is InChI=1S/C11H16BrClN2/c1-2-15(6-5-14)8-9-3-4-11(13)10(12)7-9/h3-4,7H,2,5-6,8,14H2,1H3. The zero-order valence-electron chi connectivity index (χ0n) is 8.84. The molecule has 0 saturated carbocycles. The van der Waals surface area contributed by atoms with E-state index in [1.54, 1.807) is 0 Å². The Bertz CT molecular complexity index is 317. The Morgan fingerprint density at radius 2 is 2.20 bits per heavy atom. The molecule has 1 aromatic carbocycles. The van der Waals surface area contributed by atoms with Crippen LogP contribution in [0.25, 0.3) is 0 Å². The van der Waals surface area contributed by atoms with Crippen LogP contribution in [0, 0.1) is 0 Å². The molecule has 2 N–H and O–H groups in total. The van der Waals surface area contributed by atoms with Crippen molar-refractivity contribution in [3.8, 4) is 0 Å². The van der Waals surface area contributed by atoms with Crippen molar-refractivity contribution in [1.82, 2.24) is 4.90 Å². The fourth-order valence-corrected chi connectivity index (χ4v) is 1.97. The van der Waals surface area contributed by atoms with Gasteiger partial charge in [0.1, 0.15) is 0 Å². The molecule has 0 fully saturated rings. The lowest BCUT2D eigenvalue weighted by Crippen LogP contribution is -2.28. The molecule has 1 rings (SSSR count). The summed E-state index contributed by atoms with van der Waals surface area (Å²) in [6.45, 7) is 5.70. The monoisotopic (exact) mass is 290 g/mol. The van der Waals surface area contributed by atoms with Crippen LogP contribution in [-0.2, 0) is 6.54 Å². The lowest BCUT2D eigenvalue weighted by atomic mass is 10.2. The van der Waals surface area contributed by atoms with Crippen LogP contribution in [0.4, 0.5) is 0 Å². The van der Waals surface area contributed by atoms with Gasteiger partial charge in [-0.05, 0) is 40.2 Å². The Morgan fingerprint density at radius 1 is 1.47 bits per heavy atom. The third-order valence-corrected chi connectivity index (χ3v) is 3.50. The number of nitrogens with two attached hydrogens (primary N) is 1. The van der Waals surface area contributed by atoms with Crippen LogP contribution in [0.2, 0.25) is 5.02 Å². The maximum atomic E-state index is 5.93. The Morgan fingerprint density at radius 3 is 2.73 bits per heavy atom. The van der Waals surface area contributed by atoms with Gasteiger partial charge in [-0.2, -0.15) is 0 Å². The summed E-state index contributed by atoms with van der Waals surface area (Å²) in [4.78, 5) is 2.30. The molecule has 0 amide bonds. The largest absolute Gasteiger partial charge is 0.329 e. The average Bonchev–Trinajstić information content (AvgIpc) is 2.23. The highest BCUT2D eigenvalue weighted by Crippen LogP contribution is 2.23. The lowest BCUT2D eigenvalue weighted by molar-refractivity contribution is 0.288. The summed E-state index contributed by atoms with van der Waals surface area (Å²) in [5.74, 6) is 0. The lowest BCUT2D eigenvalue weighted by Gasteiger charge is -2.19. The van der Waals surface area contributed by atoms with Gasteiger partial charge in [-0.1, -0.05) is 24.6 Å². The minimum atomic E-state index is 0.697. The molecule has 0 unspecified atom stereocenters. The number of hydrogen-bond acceptors (Lipinski definition) is 2. The van der Waals surface area contributed by atoms with Gasteiger partial charge >= 0.3 is 0 Å². The normalized spacial score (nSPS) is 11.0. The van der Waals surface area contributed by atoms with E-state index >= 15 is 0 Å². The molecule has 0 atom stereocenters. The molecular weight excluding hydrogens is 275 g/mol. The smallest absolute Gasteiger partial charge is 0.0548 e. The van der Waals surface area contributed by atoms with E-state index in [1.807, 2.05) is 12.1 Å². The number of rotatable bonds is 5. The molecule has 84 valence electrons. The topological polar surface area (TPSA) is 29.3 Å². The van der Waals surface area contributed by atoms with Crippen LogP contribution in [0.3, 0.4) is 0 Å². The molecule has 0 aliphatic carbocycles. The first kappa shape index (κ1) is 13.0. The first-order chi connectivity index (χ1) is 7.17. The third-order valence-electron chi connectivity index (χ3n) is 2.28. The highest BCUT2D eigenvalue weighted by atomic mass is 79.9. The van der Waals surface area contributed by atoms with Gasteiger partial charge in [0, 0.05) is 24.1 Å². The summed E-state index contributed by atoms with van der Waals surface area (Å²) in [6.07, 6.45) is 0. The van der Waals surface area contributed by atoms with Gasteiger partial charge in [0.15, 0.2) is 0 Å². The highest BCUT2D eigenvalue weighted by molar-refractivity contribution is 9.10. The van der Waals surface area contributed by atoms with Gasteiger partial charge in [-0.15, -0.1) is 0 Å². The van der Waals surface area contributed by atoms with Crippen molar-refractivity contribution in [2.75, 3.05) is 19.6 Å². The number of benzene rings is 1. The SMILES string of the molecule is CCN(CCN)Cc1ccc(Cl)c(Br)c1. The van der Waals surface area contributed by atoms with Crippen LogP contribution in [0.5, 0.6) is 0 Å². The predicted octanol–water partition coefficient (Wildman–Crippen LogP) is 2.88. The van der Waals surface area contributed by atoms with E-state index in [2.05, 4.69) is 33.8 Å². The van der Waals surface area contributed by atoms with Crippen LogP contribution in [0.1, 0.15) is 12.5 Å². The second kappa shape index (κ2) is 6.48.